The van der Waals surface area contributed by atoms with E-state index >= 15 is 0 Å². The molecule has 0 bridgehead atoms. The van der Waals surface area contributed by atoms with Crippen molar-refractivity contribution in [2.24, 2.45) is 0 Å². The largest absolute Gasteiger partial charge is 0.475 e. The summed E-state index contributed by atoms with van der Waals surface area (Å²) in [5.74, 6) is -0.377. The van der Waals surface area contributed by atoms with E-state index in [1.165, 1.54) is 20.2 Å². The van der Waals surface area contributed by atoms with Gasteiger partial charge < -0.3 is 24.9 Å². The zero-order valence-corrected chi connectivity index (χ0v) is 21.7. The van der Waals surface area contributed by atoms with Crippen molar-refractivity contribution in [2.45, 2.75) is 50.4 Å². The number of carbonyl (C=O) groups is 1. The Bertz CT molecular complexity index is 1370. The average Bonchev–Trinajstić information content (AvgIpc) is 3.37. The summed E-state index contributed by atoms with van der Waals surface area (Å²) in [7, 11) is -4.02. The van der Waals surface area contributed by atoms with Crippen LogP contribution in [0.1, 0.15) is 38.2 Å². The number of carbonyl (C=O) groups excluding carboxylic acids is 1. The van der Waals surface area contributed by atoms with Crippen molar-refractivity contribution in [3.63, 3.8) is 0 Å². The quantitative estimate of drug-likeness (QED) is 0.340. The van der Waals surface area contributed by atoms with E-state index in [4.69, 9.17) is 40.4 Å². The number of ether oxygens (including phenoxy) is 2. The number of aliphatic hydroxyl groups is 1. The van der Waals surface area contributed by atoms with Crippen LogP contribution in [0, 0.1) is 0 Å². The van der Waals surface area contributed by atoms with Gasteiger partial charge in [0.2, 0.25) is 0 Å². The van der Waals surface area contributed by atoms with E-state index in [-0.39, 0.29) is 19.0 Å². The fourth-order valence-corrected chi connectivity index (χ4v) is 6.19. The van der Waals surface area contributed by atoms with E-state index in [1.54, 1.807) is 35.0 Å². The van der Waals surface area contributed by atoms with E-state index in [1.807, 2.05) is 6.07 Å². The minimum atomic E-state index is -4.02. The zero-order valence-electron chi connectivity index (χ0n) is 20.0. The van der Waals surface area contributed by atoms with Crippen molar-refractivity contribution in [2.75, 3.05) is 18.9 Å². The number of hydrogen-bond donors (Lipinski definition) is 2. The van der Waals surface area contributed by atoms with Gasteiger partial charge in [0.25, 0.3) is 0 Å². The Hall–Kier alpha value is -2.57. The lowest BCUT2D eigenvalue weighted by atomic mass is 9.96. The summed E-state index contributed by atoms with van der Waals surface area (Å²) < 4.78 is 43.1. The van der Waals surface area contributed by atoms with Crippen molar-refractivity contribution in [3.8, 4) is 0 Å². The van der Waals surface area contributed by atoms with E-state index < -0.39 is 43.9 Å². The first kappa shape index (κ1) is 26.1. The molecule has 37 heavy (non-hydrogen) atoms. The molecule has 2 aromatic heterocycles. The monoisotopic (exact) mass is 552 g/mol. The number of nitrogens with zero attached hydrogens (tertiary/aromatic N) is 3. The predicted octanol–water partition coefficient (Wildman–Crippen LogP) is 3.55. The number of nitrogen functional groups attached to an aromatic ring is 1. The lowest BCUT2D eigenvalue weighted by Crippen LogP contribution is -2.47. The topological polar surface area (TPSA) is 157 Å². The van der Waals surface area contributed by atoms with Gasteiger partial charge in [0.05, 0.1) is 24.7 Å². The van der Waals surface area contributed by atoms with E-state index in [9.17, 15) is 14.5 Å². The zero-order chi connectivity index (χ0) is 26.4. The molecule has 2 aliphatic heterocycles. The molecule has 0 amide bonds. The van der Waals surface area contributed by atoms with Gasteiger partial charge in [-0.15, -0.1) is 0 Å². The number of phosphoric ester groups is 1. The van der Waals surface area contributed by atoms with Crippen LogP contribution < -0.4 is 5.73 Å². The average molecular weight is 553 g/mol. The molecule has 0 radical (unpaired) electrons. The molecule has 2 saturated heterocycles. The predicted molar refractivity (Wildman–Crippen MR) is 131 cm³/mol. The van der Waals surface area contributed by atoms with Gasteiger partial charge in [0.1, 0.15) is 29.5 Å². The van der Waals surface area contributed by atoms with Crippen LogP contribution in [-0.4, -0.2) is 56.6 Å². The van der Waals surface area contributed by atoms with E-state index in [2.05, 4.69) is 9.97 Å². The van der Waals surface area contributed by atoms with Crippen LogP contribution in [0.5, 0.6) is 0 Å². The molecule has 14 heteroatoms. The first-order valence-electron chi connectivity index (χ1n) is 11.5. The Morgan fingerprint density at radius 1 is 1.38 bits per heavy atom. The highest BCUT2D eigenvalue weighted by molar-refractivity contribution is 7.48. The fourth-order valence-electron chi connectivity index (χ4n) is 4.60. The van der Waals surface area contributed by atoms with Crippen LogP contribution in [0.4, 0.5) is 5.82 Å². The molecule has 0 saturated carbocycles. The molecule has 12 nitrogen and oxygen atoms in total. The molecule has 6 atom stereocenters. The summed E-state index contributed by atoms with van der Waals surface area (Å²) >= 11 is 6.08. The van der Waals surface area contributed by atoms with Crippen molar-refractivity contribution in [3.05, 3.63) is 53.4 Å². The Labute approximate surface area is 217 Å². The summed E-state index contributed by atoms with van der Waals surface area (Å²) in [5, 5.41) is 12.5. The summed E-state index contributed by atoms with van der Waals surface area (Å²) in [4.78, 5) is 20.1. The van der Waals surface area contributed by atoms with Crippen LogP contribution in [0.3, 0.4) is 0 Å². The van der Waals surface area contributed by atoms with Gasteiger partial charge in [0, 0.05) is 24.6 Å². The number of phosphoric acid groups is 1. The highest BCUT2D eigenvalue weighted by atomic mass is 35.5. The second kappa shape index (κ2) is 9.95. The lowest BCUT2D eigenvalue weighted by molar-refractivity contribution is -0.161. The van der Waals surface area contributed by atoms with Crippen LogP contribution in [0.25, 0.3) is 11.0 Å². The van der Waals surface area contributed by atoms with Gasteiger partial charge in [-0.3, -0.25) is 18.4 Å². The number of fused-ring (bicyclic) bond motifs is 1. The minimum Gasteiger partial charge on any atom is -0.456 e. The molecule has 0 unspecified atom stereocenters. The van der Waals surface area contributed by atoms with Gasteiger partial charge in [-0.25, -0.2) is 14.5 Å². The molecular weight excluding hydrogens is 527 g/mol. The molecule has 2 aliphatic rings. The van der Waals surface area contributed by atoms with Gasteiger partial charge in [0.15, 0.2) is 12.3 Å². The van der Waals surface area contributed by atoms with Gasteiger partial charge >= 0.3 is 13.8 Å². The SMILES string of the molecule is CC(=O)O[C@@H]1[C@@H](CO[P@@]2(=O)OCC[C@@H](c3cccc(Cl)c3)O2)O[C@@H](n2ccc3c(N)ncnc32)[C@]1(C)O. The van der Waals surface area contributed by atoms with Crippen LogP contribution in [-0.2, 0) is 32.4 Å². The van der Waals surface area contributed by atoms with Crippen molar-refractivity contribution >= 4 is 42.2 Å². The molecular formula is C23H26ClN4O8P. The fraction of sp³-hybridized carbons (Fsp3) is 0.435. The first-order chi connectivity index (χ1) is 17.6. The van der Waals surface area contributed by atoms with Crippen LogP contribution in [0.2, 0.25) is 5.02 Å². The number of nitrogens with two attached hydrogens (primary N) is 1. The molecule has 198 valence electrons. The molecule has 5 rings (SSSR count). The summed E-state index contributed by atoms with van der Waals surface area (Å²) in [6.07, 6.45) is -0.427. The smallest absolute Gasteiger partial charge is 0.456 e. The number of aromatic nitrogens is 3. The normalized spacial score (nSPS) is 32.0. The van der Waals surface area contributed by atoms with Crippen molar-refractivity contribution < 1.29 is 37.5 Å². The van der Waals surface area contributed by atoms with Crippen molar-refractivity contribution in [1.29, 1.82) is 0 Å². The molecule has 1 aromatic carbocycles. The molecule has 4 heterocycles. The number of esters is 1. The number of hydrogen-bond acceptors (Lipinski definition) is 11. The second-order valence-electron chi connectivity index (χ2n) is 9.02. The maximum atomic E-state index is 13.3. The standard InChI is InChI=1S/C23H26ClN4O8P/c1-13(29)34-19-18(11-33-37(31)32-9-7-17(36-37)14-4-3-5-15(24)10-14)35-22(23(19,2)30)28-8-6-16-20(25)26-12-27-21(16)28/h3-6,8,10,12,17-19,22,30H,7,9,11H2,1-2H3,(H2,25,26,27)/t17-,18+,19+,22+,23+,37+/m0/s1. The maximum Gasteiger partial charge on any atom is 0.475 e. The Kier molecular flexibility index (Phi) is 7.01. The summed E-state index contributed by atoms with van der Waals surface area (Å²) in [5.41, 5.74) is 5.36. The number of anilines is 1. The van der Waals surface area contributed by atoms with Crippen LogP contribution >= 0.6 is 19.4 Å². The third-order valence-electron chi connectivity index (χ3n) is 6.31. The Morgan fingerprint density at radius 2 is 2.19 bits per heavy atom. The van der Waals surface area contributed by atoms with Gasteiger partial charge in [-0.2, -0.15) is 0 Å². The van der Waals surface area contributed by atoms with Crippen LogP contribution in [0.15, 0.2) is 42.9 Å². The lowest BCUT2D eigenvalue weighted by Gasteiger charge is -2.31. The van der Waals surface area contributed by atoms with E-state index in [0.29, 0.717) is 22.5 Å². The highest BCUT2D eigenvalue weighted by Gasteiger charge is 2.57. The molecule has 3 N–H and O–H groups in total. The highest BCUT2D eigenvalue weighted by Crippen LogP contribution is 2.57. The Morgan fingerprint density at radius 3 is 2.95 bits per heavy atom. The van der Waals surface area contributed by atoms with E-state index in [0.717, 1.165) is 5.56 Å². The second-order valence-corrected chi connectivity index (χ2v) is 11.1. The molecule has 0 spiro atoms. The molecule has 2 fully saturated rings. The van der Waals surface area contributed by atoms with Gasteiger partial charge in [-0.05, 0) is 30.7 Å². The number of benzene rings is 1. The third-order valence-corrected chi connectivity index (χ3v) is 8.02. The third kappa shape index (κ3) is 5.10. The number of rotatable bonds is 6. The number of halogens is 1. The molecule has 3 aromatic rings. The van der Waals surface area contributed by atoms with Crippen molar-refractivity contribution in [1.82, 2.24) is 14.5 Å². The minimum absolute atomic E-state index is 0.129. The summed E-state index contributed by atoms with van der Waals surface area (Å²) in [6.45, 7) is 2.45. The first-order valence-corrected chi connectivity index (χ1v) is 13.4. The summed E-state index contributed by atoms with van der Waals surface area (Å²) in [6, 6.07) is 8.71. The maximum absolute atomic E-state index is 13.3. The Balaban J connectivity index is 1.37. The van der Waals surface area contributed by atoms with Gasteiger partial charge in [-0.1, -0.05) is 23.7 Å². The molecule has 0 aliphatic carbocycles.